The highest BCUT2D eigenvalue weighted by molar-refractivity contribution is 6.35. The third kappa shape index (κ3) is 5.47. The molecule has 1 amide bonds. The number of halogens is 3. The van der Waals surface area contributed by atoms with Crippen molar-refractivity contribution in [3.8, 4) is 16.9 Å². The number of fused-ring (bicyclic) bond motifs is 4. The Bertz CT molecular complexity index is 2420. The maximum atomic E-state index is 15.2. The molecule has 7 rings (SSSR count). The van der Waals surface area contributed by atoms with Crippen LogP contribution in [0.2, 0.25) is 10.0 Å². The molecule has 1 aliphatic rings. The first-order chi connectivity index (χ1) is 24.2. The average molecular weight is 731 g/mol. The second kappa shape index (κ2) is 12.8. The Morgan fingerprint density at radius 1 is 1.04 bits per heavy atom. The van der Waals surface area contributed by atoms with Crippen molar-refractivity contribution in [2.24, 2.45) is 14.1 Å². The van der Waals surface area contributed by atoms with Gasteiger partial charge in [0.2, 0.25) is 0 Å². The Morgan fingerprint density at radius 3 is 2.39 bits per heavy atom. The molecule has 12 heteroatoms. The number of anilines is 1. The molecule has 0 aliphatic carbocycles. The fourth-order valence-electron chi connectivity index (χ4n) is 7.81. The number of aromatic carboxylic acids is 1. The fourth-order valence-corrected chi connectivity index (χ4v) is 8.16. The number of nitrogens with zero attached hydrogens (tertiary/aromatic N) is 5. The summed E-state index contributed by atoms with van der Waals surface area (Å²) in [7, 11) is 3.56. The van der Waals surface area contributed by atoms with Crippen LogP contribution in [0.4, 0.5) is 10.1 Å². The lowest BCUT2D eigenvalue weighted by Crippen LogP contribution is -2.43. The molecular weight excluding hydrogens is 692 g/mol. The molecule has 3 aromatic heterocycles. The molecule has 0 radical (unpaired) electrons. The maximum absolute atomic E-state index is 15.2. The lowest BCUT2D eigenvalue weighted by Gasteiger charge is -2.35. The largest absolute Gasteiger partial charge is 0.494 e. The van der Waals surface area contributed by atoms with E-state index in [9.17, 15) is 14.7 Å². The first kappa shape index (κ1) is 34.6. The molecule has 1 unspecified atom stereocenters. The quantitative estimate of drug-likeness (QED) is 0.158. The topological polar surface area (TPSA) is 94.5 Å². The second-order valence-electron chi connectivity index (χ2n) is 13.5. The fraction of sp³-hybridized carbons (Fsp3) is 0.308. The van der Waals surface area contributed by atoms with E-state index in [2.05, 4.69) is 9.67 Å². The lowest BCUT2D eigenvalue weighted by atomic mass is 9.98. The smallest absolute Gasteiger partial charge is 0.337 e. The number of amides is 1. The van der Waals surface area contributed by atoms with Gasteiger partial charge in [-0.05, 0) is 94.5 Å². The van der Waals surface area contributed by atoms with Crippen molar-refractivity contribution in [2.75, 3.05) is 18.1 Å². The first-order valence-corrected chi connectivity index (χ1v) is 17.5. The molecule has 4 heterocycles. The minimum absolute atomic E-state index is 0.0317. The van der Waals surface area contributed by atoms with E-state index in [4.69, 9.17) is 27.9 Å². The Morgan fingerprint density at radius 2 is 1.75 bits per heavy atom. The number of aryl methyl sites for hydroxylation is 6. The van der Waals surface area contributed by atoms with Crippen LogP contribution in [0.25, 0.3) is 32.9 Å². The molecule has 3 aromatic carbocycles. The van der Waals surface area contributed by atoms with Crippen molar-refractivity contribution in [3.05, 3.63) is 97.8 Å². The van der Waals surface area contributed by atoms with E-state index < -0.39 is 11.8 Å². The Kier molecular flexibility index (Phi) is 8.66. The van der Waals surface area contributed by atoms with Gasteiger partial charge in [-0.2, -0.15) is 5.10 Å². The summed E-state index contributed by atoms with van der Waals surface area (Å²) in [6, 6.07) is 10.3. The molecule has 51 heavy (non-hydrogen) atoms. The molecule has 0 saturated carbocycles. The molecule has 0 spiro atoms. The number of carbonyl (C=O) groups is 2. The monoisotopic (exact) mass is 729 g/mol. The van der Waals surface area contributed by atoms with Crippen LogP contribution >= 0.6 is 23.2 Å². The summed E-state index contributed by atoms with van der Waals surface area (Å²) in [4.78, 5) is 28.7. The van der Waals surface area contributed by atoms with Crippen LogP contribution in [0.15, 0.2) is 42.6 Å². The zero-order valence-corrected chi connectivity index (χ0v) is 31.0. The number of hydrogen-bond donors (Lipinski definition) is 1. The van der Waals surface area contributed by atoms with E-state index in [1.54, 1.807) is 22.6 Å². The molecular formula is C39H38Cl2FN5O4. The lowest BCUT2D eigenvalue weighted by molar-refractivity contribution is 0.0698. The molecule has 1 atom stereocenters. The van der Waals surface area contributed by atoms with E-state index in [0.29, 0.717) is 46.4 Å². The van der Waals surface area contributed by atoms with Gasteiger partial charge in [0.1, 0.15) is 17.3 Å². The second-order valence-corrected chi connectivity index (χ2v) is 14.3. The van der Waals surface area contributed by atoms with Crippen LogP contribution in [0.5, 0.6) is 5.75 Å². The molecule has 0 fully saturated rings. The molecule has 0 saturated heterocycles. The first-order valence-electron chi connectivity index (χ1n) is 16.8. The van der Waals surface area contributed by atoms with Gasteiger partial charge in [-0.1, -0.05) is 29.3 Å². The predicted molar refractivity (Wildman–Crippen MR) is 200 cm³/mol. The molecule has 6 aromatic rings. The summed E-state index contributed by atoms with van der Waals surface area (Å²) in [5, 5.41) is 16.7. The third-order valence-electron chi connectivity index (χ3n) is 10.1. The molecule has 1 N–H and O–H groups in total. The Balaban J connectivity index is 1.39. The normalized spacial score (nSPS) is 14.6. The standard InChI is InChI=1S/C39H38Cl2FN5O4/c1-19-15-24(16-20(2)34(19)41)51-14-8-9-25-26-10-11-28(40)33(31-22(4)43-45(7)23(31)5)35(26)47-21(3)17-46(38(48)36(25)47)30-13-12-29(42)32-27(39(49)50)18-44(6)37(30)32/h10-13,15-16,18,21H,8-9,14,17H2,1-7H3,(H,49,50). The average Bonchev–Trinajstić information content (AvgIpc) is 3.69. The van der Waals surface area contributed by atoms with E-state index >= 15 is 4.39 Å². The summed E-state index contributed by atoms with van der Waals surface area (Å²) < 4.78 is 26.9. The maximum Gasteiger partial charge on any atom is 0.337 e. The number of carbonyl (C=O) groups excluding carboxylic acids is 1. The van der Waals surface area contributed by atoms with Gasteiger partial charge in [-0.3, -0.25) is 9.48 Å². The van der Waals surface area contributed by atoms with E-state index in [0.717, 1.165) is 55.9 Å². The molecule has 9 nitrogen and oxygen atoms in total. The van der Waals surface area contributed by atoms with Gasteiger partial charge in [0.25, 0.3) is 5.91 Å². The number of carboxylic acids is 1. The van der Waals surface area contributed by atoms with E-state index in [1.807, 2.05) is 70.6 Å². The SMILES string of the molecule is Cc1cc(OCCCc2c3n(c4c(-c5c(C)nn(C)c5C)c(Cl)ccc24)C(C)CN(c2ccc(F)c4c(C(=O)O)cn(C)c24)C3=O)cc(C)c1Cl. The van der Waals surface area contributed by atoms with Gasteiger partial charge in [0, 0.05) is 60.1 Å². The highest BCUT2D eigenvalue weighted by Gasteiger charge is 2.38. The van der Waals surface area contributed by atoms with Crippen LogP contribution in [-0.4, -0.2) is 49.0 Å². The zero-order valence-electron chi connectivity index (χ0n) is 29.5. The molecule has 1 aliphatic heterocycles. The van der Waals surface area contributed by atoms with Gasteiger partial charge in [0.15, 0.2) is 0 Å². The van der Waals surface area contributed by atoms with Gasteiger partial charge in [-0.25, -0.2) is 9.18 Å². The summed E-state index contributed by atoms with van der Waals surface area (Å²) in [5.74, 6) is -1.44. The van der Waals surface area contributed by atoms with Gasteiger partial charge in [0.05, 0.1) is 45.0 Å². The highest BCUT2D eigenvalue weighted by Crippen LogP contribution is 2.46. The summed E-state index contributed by atoms with van der Waals surface area (Å²) in [6.07, 6.45) is 2.52. The molecule has 0 bridgehead atoms. The number of aromatic nitrogens is 4. The molecule has 264 valence electrons. The van der Waals surface area contributed by atoms with Crippen LogP contribution in [0.3, 0.4) is 0 Å². The number of carboxylic acid groups (broad SMARTS) is 1. The summed E-state index contributed by atoms with van der Waals surface area (Å²) in [5.41, 5.74) is 8.22. The minimum Gasteiger partial charge on any atom is -0.494 e. The number of rotatable bonds is 8. The van der Waals surface area contributed by atoms with E-state index in [1.165, 1.54) is 12.3 Å². The van der Waals surface area contributed by atoms with Crippen LogP contribution in [0.1, 0.15) is 68.3 Å². The van der Waals surface area contributed by atoms with Crippen molar-refractivity contribution >= 4 is 62.6 Å². The zero-order chi connectivity index (χ0) is 36.6. The Labute approximate surface area is 304 Å². The van der Waals surface area contributed by atoms with Gasteiger partial charge < -0.3 is 23.9 Å². The number of hydrogen-bond acceptors (Lipinski definition) is 4. The van der Waals surface area contributed by atoms with Crippen LogP contribution in [0, 0.1) is 33.5 Å². The summed E-state index contributed by atoms with van der Waals surface area (Å²) >= 11 is 13.4. The predicted octanol–water partition coefficient (Wildman–Crippen LogP) is 9.14. The van der Waals surface area contributed by atoms with Crippen molar-refractivity contribution in [2.45, 2.75) is 53.5 Å². The Hall–Kier alpha value is -4.80. The minimum atomic E-state index is -1.24. The third-order valence-corrected chi connectivity index (χ3v) is 11.0. The van der Waals surface area contributed by atoms with Crippen molar-refractivity contribution in [1.82, 2.24) is 18.9 Å². The summed E-state index contributed by atoms with van der Waals surface area (Å²) in [6.45, 7) is 10.6. The van der Waals surface area contributed by atoms with Gasteiger partial charge >= 0.3 is 5.97 Å². The van der Waals surface area contributed by atoms with E-state index in [-0.39, 0.29) is 29.4 Å². The number of ether oxygens (including phenoxy) is 1. The van der Waals surface area contributed by atoms with Gasteiger partial charge in [-0.15, -0.1) is 0 Å². The van der Waals surface area contributed by atoms with Crippen LogP contribution < -0.4 is 9.64 Å². The van der Waals surface area contributed by atoms with Crippen LogP contribution in [-0.2, 0) is 20.5 Å². The van der Waals surface area contributed by atoms with Crippen molar-refractivity contribution in [1.29, 1.82) is 0 Å². The van der Waals surface area contributed by atoms with Crippen molar-refractivity contribution < 1.29 is 23.8 Å². The highest BCUT2D eigenvalue weighted by atomic mass is 35.5. The van der Waals surface area contributed by atoms with Crippen molar-refractivity contribution in [3.63, 3.8) is 0 Å². The number of benzene rings is 3.